The predicted octanol–water partition coefficient (Wildman–Crippen LogP) is 2.20. The summed E-state index contributed by atoms with van der Waals surface area (Å²) in [6, 6.07) is 5.17. The lowest BCUT2D eigenvalue weighted by Gasteiger charge is -2.27. The molecule has 1 aromatic heterocycles. The van der Waals surface area contributed by atoms with Crippen molar-refractivity contribution in [1.82, 2.24) is 9.97 Å². The zero-order valence-electron chi connectivity index (χ0n) is 16.0. The molecule has 27 heavy (non-hydrogen) atoms. The molecule has 1 aromatic carbocycles. The highest BCUT2D eigenvalue weighted by molar-refractivity contribution is 6.07. The molecule has 0 atom stereocenters. The van der Waals surface area contributed by atoms with E-state index < -0.39 is 0 Å². The van der Waals surface area contributed by atoms with Gasteiger partial charge in [0.15, 0.2) is 11.5 Å². The van der Waals surface area contributed by atoms with Gasteiger partial charge in [0.1, 0.15) is 0 Å². The van der Waals surface area contributed by atoms with Crippen LogP contribution in [0.15, 0.2) is 18.2 Å². The molecular weight excluding hydrogens is 348 g/mol. The summed E-state index contributed by atoms with van der Waals surface area (Å²) in [7, 11) is 3.04. The number of benzene rings is 1. The number of hydrogen-bond donors (Lipinski definition) is 1. The minimum absolute atomic E-state index is 0.306. The van der Waals surface area contributed by atoms with Crippen LogP contribution in [-0.2, 0) is 4.74 Å². The van der Waals surface area contributed by atoms with Crippen molar-refractivity contribution < 1.29 is 19.0 Å². The maximum absolute atomic E-state index is 12.8. The molecule has 0 bridgehead atoms. The number of rotatable bonds is 5. The van der Waals surface area contributed by atoms with E-state index in [2.05, 4.69) is 20.2 Å². The van der Waals surface area contributed by atoms with Crippen LogP contribution < -0.4 is 19.7 Å². The van der Waals surface area contributed by atoms with Gasteiger partial charge < -0.3 is 24.4 Å². The molecule has 0 saturated carbocycles. The molecule has 1 N–H and O–H groups in total. The fourth-order valence-corrected chi connectivity index (χ4v) is 3.03. The predicted molar refractivity (Wildman–Crippen MR) is 102 cm³/mol. The first-order valence-corrected chi connectivity index (χ1v) is 8.75. The number of nitrogens with zero attached hydrogens (tertiary/aromatic N) is 3. The second-order valence-corrected chi connectivity index (χ2v) is 6.16. The maximum Gasteiger partial charge on any atom is 0.259 e. The molecule has 2 aromatic rings. The van der Waals surface area contributed by atoms with Crippen LogP contribution in [0.2, 0.25) is 0 Å². The van der Waals surface area contributed by atoms with Crippen molar-refractivity contribution in [1.29, 1.82) is 0 Å². The van der Waals surface area contributed by atoms with Gasteiger partial charge in [0, 0.05) is 13.1 Å². The molecule has 1 fully saturated rings. The lowest BCUT2D eigenvalue weighted by molar-refractivity contribution is 0.102. The van der Waals surface area contributed by atoms with Gasteiger partial charge in [-0.3, -0.25) is 4.79 Å². The second kappa shape index (κ2) is 8.22. The Morgan fingerprint density at radius 3 is 2.37 bits per heavy atom. The van der Waals surface area contributed by atoms with Crippen LogP contribution in [0.5, 0.6) is 11.5 Å². The number of hydrogen-bond acceptors (Lipinski definition) is 7. The van der Waals surface area contributed by atoms with Crippen molar-refractivity contribution >= 4 is 17.5 Å². The van der Waals surface area contributed by atoms with Gasteiger partial charge in [0.05, 0.1) is 50.1 Å². The fourth-order valence-electron chi connectivity index (χ4n) is 3.03. The van der Waals surface area contributed by atoms with E-state index in [1.165, 1.54) is 14.2 Å². The van der Waals surface area contributed by atoms with Crippen molar-refractivity contribution in [2.24, 2.45) is 0 Å². The third-order valence-electron chi connectivity index (χ3n) is 4.44. The van der Waals surface area contributed by atoms with Crippen molar-refractivity contribution in [3.63, 3.8) is 0 Å². The number of ether oxygens (including phenoxy) is 3. The topological polar surface area (TPSA) is 85.8 Å². The van der Waals surface area contributed by atoms with E-state index in [-0.39, 0.29) is 5.91 Å². The van der Waals surface area contributed by atoms with Crippen LogP contribution >= 0.6 is 0 Å². The number of aromatic nitrogens is 2. The lowest BCUT2D eigenvalue weighted by atomic mass is 10.1. The van der Waals surface area contributed by atoms with Crippen LogP contribution in [0, 0.1) is 13.8 Å². The Bertz CT molecular complexity index is 811. The largest absolute Gasteiger partial charge is 0.493 e. The highest BCUT2D eigenvalue weighted by Crippen LogP contribution is 2.31. The fraction of sp³-hybridized carbons (Fsp3) is 0.421. The lowest BCUT2D eigenvalue weighted by Crippen LogP contribution is -2.37. The standard InChI is InChI=1S/C19H24N4O4/c1-12-16(13(2)21-19(20-12)23-8-10-27-11-9-23)22-18(24)14-6-5-7-15(25-3)17(14)26-4/h5-7H,8-11H2,1-4H3,(H,22,24). The molecule has 0 aliphatic carbocycles. The number of carbonyl (C=O) groups is 1. The second-order valence-electron chi connectivity index (χ2n) is 6.16. The van der Waals surface area contributed by atoms with Crippen LogP contribution in [-0.4, -0.2) is 56.4 Å². The van der Waals surface area contributed by atoms with Crippen molar-refractivity contribution in [2.75, 3.05) is 50.7 Å². The third-order valence-corrected chi connectivity index (χ3v) is 4.44. The summed E-state index contributed by atoms with van der Waals surface area (Å²) in [5, 5.41) is 2.91. The average molecular weight is 372 g/mol. The molecule has 2 heterocycles. The van der Waals surface area contributed by atoms with Crippen molar-refractivity contribution in [3.8, 4) is 11.5 Å². The maximum atomic E-state index is 12.8. The molecule has 3 rings (SSSR count). The van der Waals surface area contributed by atoms with Gasteiger partial charge in [0.25, 0.3) is 5.91 Å². The molecule has 1 aliphatic rings. The Morgan fingerprint density at radius 1 is 1.11 bits per heavy atom. The summed E-state index contributed by atoms with van der Waals surface area (Å²) in [5.41, 5.74) is 2.40. The van der Waals surface area contributed by atoms with Crippen LogP contribution in [0.25, 0.3) is 0 Å². The Balaban J connectivity index is 1.86. The molecule has 0 radical (unpaired) electrons. The first-order chi connectivity index (χ1) is 13.0. The first-order valence-electron chi connectivity index (χ1n) is 8.75. The highest BCUT2D eigenvalue weighted by Gasteiger charge is 2.20. The van der Waals surface area contributed by atoms with E-state index >= 15 is 0 Å². The molecule has 144 valence electrons. The van der Waals surface area contributed by atoms with Gasteiger partial charge in [-0.05, 0) is 26.0 Å². The average Bonchev–Trinajstić information content (AvgIpc) is 2.70. The minimum Gasteiger partial charge on any atom is -0.493 e. The Kier molecular flexibility index (Phi) is 5.75. The number of aryl methyl sites for hydroxylation is 2. The minimum atomic E-state index is -0.306. The zero-order chi connectivity index (χ0) is 19.4. The number of morpholine rings is 1. The molecule has 0 unspecified atom stereocenters. The molecular formula is C19H24N4O4. The normalized spacial score (nSPS) is 14.0. The number of nitrogens with one attached hydrogen (secondary N) is 1. The summed E-state index contributed by atoms with van der Waals surface area (Å²) in [6.45, 7) is 6.55. The summed E-state index contributed by atoms with van der Waals surface area (Å²) in [5.74, 6) is 1.24. The molecule has 1 aliphatic heterocycles. The van der Waals surface area contributed by atoms with E-state index in [0.29, 0.717) is 53.3 Å². The summed E-state index contributed by atoms with van der Waals surface area (Å²) >= 11 is 0. The Labute approximate surface area is 158 Å². The molecule has 8 heteroatoms. The van der Waals surface area contributed by atoms with Gasteiger partial charge in [-0.25, -0.2) is 9.97 Å². The van der Waals surface area contributed by atoms with Gasteiger partial charge >= 0.3 is 0 Å². The van der Waals surface area contributed by atoms with E-state index in [9.17, 15) is 4.79 Å². The highest BCUT2D eigenvalue weighted by atomic mass is 16.5. The van der Waals surface area contributed by atoms with Gasteiger partial charge in [0.2, 0.25) is 5.95 Å². The van der Waals surface area contributed by atoms with E-state index in [4.69, 9.17) is 14.2 Å². The SMILES string of the molecule is COc1cccc(C(=O)Nc2c(C)nc(N3CCOCC3)nc2C)c1OC. The van der Waals surface area contributed by atoms with Crippen LogP contribution in [0.4, 0.5) is 11.6 Å². The number of carbonyl (C=O) groups excluding carboxylic acids is 1. The molecule has 1 saturated heterocycles. The van der Waals surface area contributed by atoms with Gasteiger partial charge in [-0.2, -0.15) is 0 Å². The molecule has 1 amide bonds. The number of methoxy groups -OCH3 is 2. The molecule has 8 nitrogen and oxygen atoms in total. The van der Waals surface area contributed by atoms with E-state index in [1.54, 1.807) is 18.2 Å². The van der Waals surface area contributed by atoms with Crippen molar-refractivity contribution in [2.45, 2.75) is 13.8 Å². The Morgan fingerprint density at radius 2 is 1.78 bits per heavy atom. The quantitative estimate of drug-likeness (QED) is 0.861. The third kappa shape index (κ3) is 3.95. The smallest absolute Gasteiger partial charge is 0.259 e. The number of para-hydroxylation sites is 1. The van der Waals surface area contributed by atoms with Crippen molar-refractivity contribution in [3.05, 3.63) is 35.2 Å². The van der Waals surface area contributed by atoms with Crippen LogP contribution in [0.1, 0.15) is 21.7 Å². The van der Waals surface area contributed by atoms with Gasteiger partial charge in [-0.15, -0.1) is 0 Å². The first kappa shape index (κ1) is 18.9. The van der Waals surface area contributed by atoms with Gasteiger partial charge in [-0.1, -0.05) is 6.07 Å². The monoisotopic (exact) mass is 372 g/mol. The summed E-state index contributed by atoms with van der Waals surface area (Å²) in [4.78, 5) is 24.0. The zero-order valence-corrected chi connectivity index (χ0v) is 16.0. The Hall–Kier alpha value is -2.87. The summed E-state index contributed by atoms with van der Waals surface area (Å²) < 4.78 is 16.0. The summed E-state index contributed by atoms with van der Waals surface area (Å²) in [6.07, 6.45) is 0. The van der Waals surface area contributed by atoms with E-state index in [0.717, 1.165) is 13.1 Å². The number of anilines is 2. The van der Waals surface area contributed by atoms with Crippen LogP contribution in [0.3, 0.4) is 0 Å². The number of amides is 1. The molecule has 0 spiro atoms. The van der Waals surface area contributed by atoms with E-state index in [1.807, 2.05) is 13.8 Å².